The van der Waals surface area contributed by atoms with Crippen LogP contribution in [0.5, 0.6) is 5.88 Å². The molecule has 6 nitrogen and oxygen atoms in total. The first-order chi connectivity index (χ1) is 9.67. The minimum atomic E-state index is -0.157. The number of nitrogens with zero attached hydrogens (tertiary/aromatic N) is 2. The summed E-state index contributed by atoms with van der Waals surface area (Å²) in [5.41, 5.74) is 6.39. The average Bonchev–Trinajstić information content (AvgIpc) is 2.95. The van der Waals surface area contributed by atoms with E-state index < -0.39 is 0 Å². The van der Waals surface area contributed by atoms with Gasteiger partial charge in [0.05, 0.1) is 12.3 Å². The minimum absolute atomic E-state index is 0.0251. The molecule has 0 saturated carbocycles. The summed E-state index contributed by atoms with van der Waals surface area (Å²) in [5.74, 6) is 1.22. The molecule has 0 aromatic carbocycles. The van der Waals surface area contributed by atoms with Gasteiger partial charge in [0.15, 0.2) is 0 Å². The van der Waals surface area contributed by atoms with Crippen LogP contribution < -0.4 is 20.7 Å². The molecule has 1 fully saturated rings. The number of rotatable bonds is 5. The highest BCUT2D eigenvalue weighted by atomic mass is 16.5. The van der Waals surface area contributed by atoms with Gasteiger partial charge in [-0.3, -0.25) is 4.79 Å². The van der Waals surface area contributed by atoms with E-state index in [1.165, 1.54) is 0 Å². The van der Waals surface area contributed by atoms with E-state index >= 15 is 0 Å². The normalized spacial score (nSPS) is 18.1. The lowest BCUT2D eigenvalue weighted by molar-refractivity contribution is -0.121. The second-order valence-electron chi connectivity index (χ2n) is 4.88. The Bertz CT molecular complexity index is 478. The SMILES string of the molecule is CCCOc1nc(N2CCCC2C(=O)NC)ccc1N. The molecule has 1 aliphatic heterocycles. The first-order valence-electron chi connectivity index (χ1n) is 7.05. The third-order valence-electron chi connectivity index (χ3n) is 3.41. The van der Waals surface area contributed by atoms with Crippen molar-refractivity contribution in [1.82, 2.24) is 10.3 Å². The number of carbonyl (C=O) groups is 1. The van der Waals surface area contributed by atoms with Crippen LogP contribution in [0.3, 0.4) is 0 Å². The summed E-state index contributed by atoms with van der Waals surface area (Å²) in [4.78, 5) is 18.4. The predicted molar refractivity (Wildman–Crippen MR) is 78.9 cm³/mol. The Morgan fingerprint density at radius 3 is 3.10 bits per heavy atom. The van der Waals surface area contributed by atoms with Gasteiger partial charge in [-0.15, -0.1) is 0 Å². The van der Waals surface area contributed by atoms with Gasteiger partial charge in [0.2, 0.25) is 11.8 Å². The molecule has 0 bridgehead atoms. The summed E-state index contributed by atoms with van der Waals surface area (Å²) in [6.45, 7) is 3.43. The fraction of sp³-hybridized carbons (Fsp3) is 0.571. The van der Waals surface area contributed by atoms with Crippen LogP contribution >= 0.6 is 0 Å². The lowest BCUT2D eigenvalue weighted by Gasteiger charge is -2.24. The summed E-state index contributed by atoms with van der Waals surface area (Å²) in [6.07, 6.45) is 2.72. The molecule has 1 aromatic heterocycles. The monoisotopic (exact) mass is 278 g/mol. The summed E-state index contributed by atoms with van der Waals surface area (Å²) in [6, 6.07) is 3.47. The molecule has 1 aromatic rings. The maximum absolute atomic E-state index is 11.9. The van der Waals surface area contributed by atoms with Crippen molar-refractivity contribution in [3.05, 3.63) is 12.1 Å². The molecule has 1 aliphatic rings. The van der Waals surface area contributed by atoms with E-state index in [0.29, 0.717) is 18.2 Å². The number of anilines is 2. The molecule has 1 amide bonds. The van der Waals surface area contributed by atoms with E-state index in [2.05, 4.69) is 10.3 Å². The van der Waals surface area contributed by atoms with Crippen LogP contribution in [0, 0.1) is 0 Å². The van der Waals surface area contributed by atoms with Crippen LogP contribution in [0.1, 0.15) is 26.2 Å². The molecule has 6 heteroatoms. The molecule has 3 N–H and O–H groups in total. The van der Waals surface area contributed by atoms with Crippen molar-refractivity contribution in [1.29, 1.82) is 0 Å². The number of carbonyl (C=O) groups excluding carboxylic acids is 1. The topological polar surface area (TPSA) is 80.5 Å². The second kappa shape index (κ2) is 6.45. The van der Waals surface area contributed by atoms with Crippen LogP contribution in [0.2, 0.25) is 0 Å². The lowest BCUT2D eigenvalue weighted by Crippen LogP contribution is -2.42. The number of aromatic nitrogens is 1. The number of nitrogens with two attached hydrogens (primary N) is 1. The molecule has 1 unspecified atom stereocenters. The average molecular weight is 278 g/mol. The molecule has 2 heterocycles. The largest absolute Gasteiger partial charge is 0.476 e. The van der Waals surface area contributed by atoms with Gasteiger partial charge in [0.25, 0.3) is 0 Å². The van der Waals surface area contributed by atoms with Gasteiger partial charge >= 0.3 is 0 Å². The number of hydrogen-bond donors (Lipinski definition) is 2. The number of nitrogen functional groups attached to an aromatic ring is 1. The van der Waals surface area contributed by atoms with Crippen molar-refractivity contribution in [3.63, 3.8) is 0 Å². The maximum atomic E-state index is 11.9. The quantitative estimate of drug-likeness (QED) is 0.845. The molecule has 1 saturated heterocycles. The minimum Gasteiger partial charge on any atom is -0.476 e. The van der Waals surface area contributed by atoms with Crippen LogP contribution in [-0.4, -0.2) is 37.1 Å². The summed E-state index contributed by atoms with van der Waals surface area (Å²) in [5, 5.41) is 2.70. The van der Waals surface area contributed by atoms with E-state index in [4.69, 9.17) is 10.5 Å². The Labute approximate surface area is 119 Å². The van der Waals surface area contributed by atoms with E-state index in [9.17, 15) is 4.79 Å². The predicted octanol–water partition coefficient (Wildman–Crippen LogP) is 1.17. The van der Waals surface area contributed by atoms with Gasteiger partial charge < -0.3 is 20.7 Å². The molecule has 110 valence electrons. The van der Waals surface area contributed by atoms with E-state index in [1.54, 1.807) is 13.1 Å². The first kappa shape index (κ1) is 14.4. The summed E-state index contributed by atoms with van der Waals surface area (Å²) in [7, 11) is 1.66. The zero-order valence-electron chi connectivity index (χ0n) is 12.1. The highest BCUT2D eigenvalue weighted by Gasteiger charge is 2.31. The van der Waals surface area contributed by atoms with Gasteiger partial charge in [-0.25, -0.2) is 0 Å². The van der Waals surface area contributed by atoms with Crippen molar-refractivity contribution in [2.45, 2.75) is 32.2 Å². The van der Waals surface area contributed by atoms with Crippen molar-refractivity contribution in [2.24, 2.45) is 0 Å². The fourth-order valence-electron chi connectivity index (χ4n) is 2.40. The van der Waals surface area contributed by atoms with Crippen LogP contribution in [0.4, 0.5) is 11.5 Å². The standard InChI is InChI=1S/C14H22N4O2/c1-3-9-20-14-10(15)6-7-12(17-14)18-8-4-5-11(18)13(19)16-2/h6-7,11H,3-5,8-9,15H2,1-2H3,(H,16,19). The molecule has 0 aliphatic carbocycles. The smallest absolute Gasteiger partial charge is 0.242 e. The number of likely N-dealkylation sites (N-methyl/N-ethyl adjacent to an activating group) is 1. The molecule has 0 spiro atoms. The number of amides is 1. The summed E-state index contributed by atoms with van der Waals surface area (Å²) >= 11 is 0. The molecule has 2 rings (SSSR count). The van der Waals surface area contributed by atoms with Crippen molar-refractivity contribution in [3.8, 4) is 5.88 Å². The Morgan fingerprint density at radius 1 is 1.60 bits per heavy atom. The fourth-order valence-corrected chi connectivity index (χ4v) is 2.40. The van der Waals surface area contributed by atoms with E-state index in [1.807, 2.05) is 17.9 Å². The van der Waals surface area contributed by atoms with Gasteiger partial charge in [-0.2, -0.15) is 4.98 Å². The first-order valence-corrected chi connectivity index (χ1v) is 7.05. The third-order valence-corrected chi connectivity index (χ3v) is 3.41. The van der Waals surface area contributed by atoms with Gasteiger partial charge in [-0.1, -0.05) is 6.92 Å². The van der Waals surface area contributed by atoms with Crippen molar-refractivity contribution >= 4 is 17.4 Å². The number of hydrogen-bond acceptors (Lipinski definition) is 5. The highest BCUT2D eigenvalue weighted by molar-refractivity contribution is 5.85. The Hall–Kier alpha value is -1.98. The zero-order valence-corrected chi connectivity index (χ0v) is 12.1. The summed E-state index contributed by atoms with van der Waals surface area (Å²) < 4.78 is 5.54. The molecular formula is C14H22N4O2. The van der Waals surface area contributed by atoms with Crippen LogP contribution in [-0.2, 0) is 4.79 Å². The van der Waals surface area contributed by atoms with Gasteiger partial charge in [0.1, 0.15) is 11.9 Å². The molecule has 0 radical (unpaired) electrons. The van der Waals surface area contributed by atoms with Gasteiger partial charge in [0, 0.05) is 13.6 Å². The van der Waals surface area contributed by atoms with Crippen LogP contribution in [0.25, 0.3) is 0 Å². The Morgan fingerprint density at radius 2 is 2.40 bits per heavy atom. The second-order valence-corrected chi connectivity index (χ2v) is 4.88. The van der Waals surface area contributed by atoms with E-state index in [0.717, 1.165) is 31.6 Å². The number of nitrogens with one attached hydrogen (secondary N) is 1. The highest BCUT2D eigenvalue weighted by Crippen LogP contribution is 2.28. The maximum Gasteiger partial charge on any atom is 0.242 e. The number of pyridine rings is 1. The molecular weight excluding hydrogens is 256 g/mol. The Kier molecular flexibility index (Phi) is 4.65. The number of ether oxygens (including phenoxy) is 1. The molecule has 20 heavy (non-hydrogen) atoms. The van der Waals surface area contributed by atoms with E-state index in [-0.39, 0.29) is 11.9 Å². The van der Waals surface area contributed by atoms with Crippen LogP contribution in [0.15, 0.2) is 12.1 Å². The third kappa shape index (κ3) is 2.95. The lowest BCUT2D eigenvalue weighted by atomic mass is 10.2. The molecule has 1 atom stereocenters. The van der Waals surface area contributed by atoms with Crippen molar-refractivity contribution in [2.75, 3.05) is 30.8 Å². The Balaban J connectivity index is 2.21. The van der Waals surface area contributed by atoms with Gasteiger partial charge in [-0.05, 0) is 31.4 Å². The van der Waals surface area contributed by atoms with Crippen molar-refractivity contribution < 1.29 is 9.53 Å². The zero-order chi connectivity index (χ0) is 14.5.